The summed E-state index contributed by atoms with van der Waals surface area (Å²) in [5.41, 5.74) is 1.55. The highest BCUT2D eigenvalue weighted by Gasteiger charge is 2.24. The molecule has 1 fully saturated rings. The van der Waals surface area contributed by atoms with Gasteiger partial charge in [-0.3, -0.25) is 4.79 Å². The number of hydrogen-bond donors (Lipinski definition) is 0. The third kappa shape index (κ3) is 3.83. The van der Waals surface area contributed by atoms with E-state index in [1.165, 1.54) is 0 Å². The van der Waals surface area contributed by atoms with E-state index in [1.807, 2.05) is 35.4 Å². The normalized spacial score (nSPS) is 15.1. The van der Waals surface area contributed by atoms with Crippen LogP contribution in [0.3, 0.4) is 0 Å². The van der Waals surface area contributed by atoms with E-state index in [9.17, 15) is 4.79 Å². The Labute approximate surface area is 164 Å². The van der Waals surface area contributed by atoms with Crippen molar-refractivity contribution in [2.75, 3.05) is 13.1 Å². The van der Waals surface area contributed by atoms with Gasteiger partial charge >= 0.3 is 0 Å². The summed E-state index contributed by atoms with van der Waals surface area (Å²) in [6, 6.07) is 7.42. The van der Waals surface area contributed by atoms with Crippen molar-refractivity contribution in [1.29, 1.82) is 0 Å². The zero-order chi connectivity index (χ0) is 19.5. The van der Waals surface area contributed by atoms with Crippen LogP contribution in [0, 0.1) is 12.8 Å². The highest BCUT2D eigenvalue weighted by molar-refractivity contribution is 5.94. The number of aryl methyl sites for hydroxylation is 2. The van der Waals surface area contributed by atoms with E-state index in [0.29, 0.717) is 23.2 Å². The van der Waals surface area contributed by atoms with E-state index in [1.54, 1.807) is 6.92 Å². The number of aromatic nitrogens is 4. The molecule has 0 unspecified atom stereocenters. The van der Waals surface area contributed by atoms with E-state index in [0.717, 1.165) is 50.3 Å². The minimum atomic E-state index is 0.0890. The quantitative estimate of drug-likeness (QED) is 0.679. The molecule has 3 heterocycles. The van der Waals surface area contributed by atoms with Crippen molar-refractivity contribution in [1.82, 2.24) is 24.6 Å². The van der Waals surface area contributed by atoms with E-state index >= 15 is 0 Å². The number of nitrogens with zero attached hydrogens (tertiary/aromatic N) is 5. The maximum atomic E-state index is 12.8. The van der Waals surface area contributed by atoms with Gasteiger partial charge in [0, 0.05) is 56.5 Å². The van der Waals surface area contributed by atoms with Gasteiger partial charge in [0.2, 0.25) is 11.7 Å². The molecule has 1 aromatic carbocycles. The topological polar surface area (TPSA) is 77.0 Å². The Morgan fingerprint density at radius 3 is 2.61 bits per heavy atom. The second-order valence-electron chi connectivity index (χ2n) is 7.30. The van der Waals surface area contributed by atoms with Crippen LogP contribution in [-0.4, -0.2) is 43.6 Å². The van der Waals surface area contributed by atoms with Crippen LogP contribution in [0.1, 0.15) is 41.8 Å². The van der Waals surface area contributed by atoms with Crippen LogP contribution in [0.5, 0.6) is 0 Å². The van der Waals surface area contributed by atoms with Gasteiger partial charge in [0.25, 0.3) is 5.91 Å². The minimum Gasteiger partial charge on any atom is -0.339 e. The van der Waals surface area contributed by atoms with E-state index < -0.39 is 0 Å². The lowest BCUT2D eigenvalue weighted by Crippen LogP contribution is -2.39. The van der Waals surface area contributed by atoms with E-state index in [-0.39, 0.29) is 5.91 Å². The van der Waals surface area contributed by atoms with Crippen molar-refractivity contribution in [2.24, 2.45) is 5.92 Å². The first-order chi connectivity index (χ1) is 13.6. The third-order valence-corrected chi connectivity index (χ3v) is 5.39. The molecule has 1 amide bonds. The predicted molar refractivity (Wildman–Crippen MR) is 105 cm³/mol. The fraction of sp³-hybridized carbons (Fsp3) is 0.429. The van der Waals surface area contributed by atoms with Crippen molar-refractivity contribution in [3.8, 4) is 11.4 Å². The van der Waals surface area contributed by atoms with Gasteiger partial charge in [-0.15, -0.1) is 0 Å². The molecule has 0 saturated carbocycles. The zero-order valence-corrected chi connectivity index (χ0v) is 16.3. The summed E-state index contributed by atoms with van der Waals surface area (Å²) in [7, 11) is 0. The summed E-state index contributed by atoms with van der Waals surface area (Å²) in [4.78, 5) is 23.4. The summed E-state index contributed by atoms with van der Waals surface area (Å²) >= 11 is 0. The third-order valence-electron chi connectivity index (χ3n) is 5.39. The molecule has 28 heavy (non-hydrogen) atoms. The van der Waals surface area contributed by atoms with Gasteiger partial charge in [0.1, 0.15) is 5.82 Å². The monoisotopic (exact) mass is 379 g/mol. The number of likely N-dealkylation sites (tertiary alicyclic amines) is 1. The Bertz CT molecular complexity index is 936. The lowest BCUT2D eigenvalue weighted by Gasteiger charge is -2.32. The molecule has 0 spiro atoms. The fourth-order valence-corrected chi connectivity index (χ4v) is 3.78. The van der Waals surface area contributed by atoms with Crippen LogP contribution in [0.25, 0.3) is 11.4 Å². The second kappa shape index (κ2) is 7.96. The minimum absolute atomic E-state index is 0.0890. The Balaban J connectivity index is 1.35. The summed E-state index contributed by atoms with van der Waals surface area (Å²) in [5, 5.41) is 3.91. The number of imidazole rings is 1. The Kier molecular flexibility index (Phi) is 5.23. The molecule has 2 aromatic heterocycles. The molecule has 0 N–H and O–H groups in total. The van der Waals surface area contributed by atoms with Crippen molar-refractivity contribution < 1.29 is 9.32 Å². The van der Waals surface area contributed by atoms with Gasteiger partial charge in [-0.05, 0) is 30.9 Å². The summed E-state index contributed by atoms with van der Waals surface area (Å²) in [5.74, 6) is 2.89. The van der Waals surface area contributed by atoms with Gasteiger partial charge in [0.15, 0.2) is 0 Å². The fourth-order valence-electron chi connectivity index (χ4n) is 3.78. The highest BCUT2D eigenvalue weighted by Crippen LogP contribution is 2.22. The van der Waals surface area contributed by atoms with Gasteiger partial charge < -0.3 is 14.0 Å². The van der Waals surface area contributed by atoms with Crippen molar-refractivity contribution in [3.05, 3.63) is 53.9 Å². The molecule has 1 aliphatic heterocycles. The van der Waals surface area contributed by atoms with E-state index in [4.69, 9.17) is 4.52 Å². The average molecular weight is 379 g/mol. The molecule has 146 valence electrons. The first-order valence-corrected chi connectivity index (χ1v) is 9.84. The number of amides is 1. The first-order valence-electron chi connectivity index (χ1n) is 9.84. The molecule has 0 bridgehead atoms. The van der Waals surface area contributed by atoms with Crippen LogP contribution < -0.4 is 0 Å². The van der Waals surface area contributed by atoms with Crippen molar-refractivity contribution in [3.63, 3.8) is 0 Å². The van der Waals surface area contributed by atoms with Crippen LogP contribution in [0.4, 0.5) is 0 Å². The number of hydrogen-bond acceptors (Lipinski definition) is 5. The molecule has 0 atom stereocenters. The van der Waals surface area contributed by atoms with Crippen molar-refractivity contribution in [2.45, 2.75) is 39.7 Å². The first kappa shape index (κ1) is 18.4. The number of piperidine rings is 1. The molecule has 1 saturated heterocycles. The zero-order valence-electron chi connectivity index (χ0n) is 16.3. The Morgan fingerprint density at radius 2 is 1.96 bits per heavy atom. The maximum Gasteiger partial charge on any atom is 0.253 e. The lowest BCUT2D eigenvalue weighted by molar-refractivity contribution is 0.0682. The molecular formula is C21H25N5O2. The Morgan fingerprint density at radius 1 is 1.21 bits per heavy atom. The molecule has 7 nitrogen and oxygen atoms in total. The molecule has 0 aliphatic carbocycles. The summed E-state index contributed by atoms with van der Waals surface area (Å²) < 4.78 is 7.26. The highest BCUT2D eigenvalue weighted by atomic mass is 16.5. The molecule has 0 radical (unpaired) electrons. The average Bonchev–Trinajstić information content (AvgIpc) is 3.37. The van der Waals surface area contributed by atoms with Crippen LogP contribution in [0.15, 0.2) is 41.2 Å². The largest absolute Gasteiger partial charge is 0.339 e. The maximum absolute atomic E-state index is 12.8. The second-order valence-corrected chi connectivity index (χ2v) is 7.30. The number of rotatable bonds is 5. The Hall–Kier alpha value is -2.96. The standard InChI is InChI=1S/C21H25N5O2/c1-3-19-22-10-13-26(19)14-16-8-11-25(12-9-16)21(27)18-6-4-17(5-7-18)20-23-15(2)28-24-20/h4-7,10,13,16H,3,8-9,11-12,14H2,1-2H3. The molecule has 4 rings (SSSR count). The van der Waals surface area contributed by atoms with Crippen molar-refractivity contribution >= 4 is 5.91 Å². The van der Waals surface area contributed by atoms with Gasteiger partial charge in [-0.25, -0.2) is 4.98 Å². The lowest BCUT2D eigenvalue weighted by atomic mass is 9.96. The van der Waals surface area contributed by atoms with E-state index in [2.05, 4.69) is 32.8 Å². The van der Waals surface area contributed by atoms with Gasteiger partial charge in [0.05, 0.1) is 0 Å². The smallest absolute Gasteiger partial charge is 0.253 e. The SMILES string of the molecule is CCc1nccn1CC1CCN(C(=O)c2ccc(-c3noc(C)n3)cc2)CC1. The molecule has 1 aliphatic rings. The van der Waals surface area contributed by atoms with Crippen LogP contribution in [0.2, 0.25) is 0 Å². The molecule has 3 aromatic rings. The number of benzene rings is 1. The number of carbonyl (C=O) groups is 1. The molecule has 7 heteroatoms. The molecular weight excluding hydrogens is 354 g/mol. The van der Waals surface area contributed by atoms with Gasteiger partial charge in [-0.2, -0.15) is 4.98 Å². The summed E-state index contributed by atoms with van der Waals surface area (Å²) in [6.07, 6.45) is 6.92. The van der Waals surface area contributed by atoms with Crippen LogP contribution in [-0.2, 0) is 13.0 Å². The number of carbonyl (C=O) groups excluding carboxylic acids is 1. The predicted octanol–water partition coefficient (Wildman–Crippen LogP) is 3.36. The van der Waals surface area contributed by atoms with Gasteiger partial charge in [-0.1, -0.05) is 24.2 Å². The summed E-state index contributed by atoms with van der Waals surface area (Å²) in [6.45, 7) is 6.47. The van der Waals surface area contributed by atoms with Crippen LogP contribution >= 0.6 is 0 Å².